The molecule has 0 aliphatic rings. The molecule has 0 atom stereocenters. The second kappa shape index (κ2) is 6.21. The molecule has 0 saturated heterocycles. The minimum atomic E-state index is -0.336. The Labute approximate surface area is 48.5 Å². The lowest BCUT2D eigenvalue weighted by Gasteiger charge is -1.83. The van der Waals surface area contributed by atoms with Gasteiger partial charge < -0.3 is 4.74 Å². The Bertz CT molecular complexity index is 78.6. The molecule has 0 aromatic rings. The maximum Gasteiger partial charge on any atom is 0.0930 e. The number of hydrogen-bond donors (Lipinski definition) is 0. The topological polar surface area (TPSA) is 9.23 Å². The monoisotopic (exact) mass is 116 g/mol. The van der Waals surface area contributed by atoms with Crippen LogP contribution in [0.3, 0.4) is 0 Å². The van der Waals surface area contributed by atoms with E-state index in [0.29, 0.717) is 6.42 Å². The van der Waals surface area contributed by atoms with E-state index in [0.717, 1.165) is 0 Å². The van der Waals surface area contributed by atoms with Crippen molar-refractivity contribution in [3.05, 3.63) is 25.2 Å². The lowest BCUT2D eigenvalue weighted by molar-refractivity contribution is 0.400. The Kier molecular flexibility index (Phi) is 5.60. The molecular formula is C6H9FO. The van der Waals surface area contributed by atoms with Gasteiger partial charge in [-0.05, 0) is 12.5 Å². The Morgan fingerprint density at radius 2 is 2.38 bits per heavy atom. The highest BCUT2D eigenvalue weighted by atomic mass is 19.1. The maximum absolute atomic E-state index is 11.3. The van der Waals surface area contributed by atoms with Gasteiger partial charge in [-0.1, -0.05) is 6.58 Å². The van der Waals surface area contributed by atoms with Gasteiger partial charge in [0.15, 0.2) is 0 Å². The van der Waals surface area contributed by atoms with E-state index in [-0.39, 0.29) is 6.67 Å². The molecule has 46 valence electrons. The second-order valence-electron chi connectivity index (χ2n) is 1.15. The molecule has 0 N–H and O–H groups in total. The molecule has 0 aliphatic heterocycles. The average Bonchev–Trinajstić information content (AvgIpc) is 1.81. The summed E-state index contributed by atoms with van der Waals surface area (Å²) in [4.78, 5) is 0. The van der Waals surface area contributed by atoms with E-state index in [1.54, 1.807) is 6.08 Å². The molecule has 0 saturated carbocycles. The molecule has 0 fully saturated rings. The van der Waals surface area contributed by atoms with Crippen LogP contribution in [0.15, 0.2) is 25.2 Å². The highest BCUT2D eigenvalue weighted by Gasteiger charge is 1.72. The summed E-state index contributed by atoms with van der Waals surface area (Å²) in [6.07, 6.45) is 4.71. The summed E-state index contributed by atoms with van der Waals surface area (Å²) in [6, 6.07) is 0. The van der Waals surface area contributed by atoms with Crippen LogP contribution in [-0.4, -0.2) is 6.67 Å². The van der Waals surface area contributed by atoms with Gasteiger partial charge in [0.1, 0.15) is 0 Å². The van der Waals surface area contributed by atoms with Gasteiger partial charge in [0.05, 0.1) is 19.2 Å². The predicted molar refractivity (Wildman–Crippen MR) is 31.0 cm³/mol. The summed E-state index contributed by atoms with van der Waals surface area (Å²) < 4.78 is 15.8. The van der Waals surface area contributed by atoms with Crippen LogP contribution < -0.4 is 0 Å². The largest absolute Gasteiger partial charge is 0.474 e. The number of rotatable bonds is 4. The van der Waals surface area contributed by atoms with Crippen LogP contribution in [0.5, 0.6) is 0 Å². The Hall–Kier alpha value is -0.790. The third kappa shape index (κ3) is 5.21. The van der Waals surface area contributed by atoms with Crippen LogP contribution >= 0.6 is 0 Å². The van der Waals surface area contributed by atoms with Gasteiger partial charge in [-0.3, -0.25) is 4.39 Å². The van der Waals surface area contributed by atoms with Crippen molar-refractivity contribution in [3.63, 3.8) is 0 Å². The quantitative estimate of drug-likeness (QED) is 0.510. The summed E-state index contributed by atoms with van der Waals surface area (Å²) >= 11 is 0. The Morgan fingerprint density at radius 3 is 2.88 bits per heavy atom. The predicted octanol–water partition coefficient (Wildman–Crippen LogP) is 2.02. The minimum Gasteiger partial charge on any atom is -0.474 e. The molecule has 2 heteroatoms. The molecule has 1 nitrogen and oxygen atoms in total. The molecular weight excluding hydrogens is 107 g/mol. The van der Waals surface area contributed by atoms with Gasteiger partial charge in [0.25, 0.3) is 0 Å². The highest BCUT2D eigenvalue weighted by Crippen LogP contribution is 1.84. The van der Waals surface area contributed by atoms with E-state index < -0.39 is 0 Å². The van der Waals surface area contributed by atoms with Crippen LogP contribution in [0, 0.1) is 0 Å². The second-order valence-corrected chi connectivity index (χ2v) is 1.15. The van der Waals surface area contributed by atoms with Gasteiger partial charge >= 0.3 is 0 Å². The zero-order valence-corrected chi connectivity index (χ0v) is 4.64. The van der Waals surface area contributed by atoms with Gasteiger partial charge in [0.2, 0.25) is 0 Å². The van der Waals surface area contributed by atoms with Gasteiger partial charge in [0, 0.05) is 0 Å². The van der Waals surface area contributed by atoms with E-state index in [2.05, 4.69) is 11.3 Å². The first kappa shape index (κ1) is 7.21. The number of alkyl halides is 1. The van der Waals surface area contributed by atoms with E-state index in [1.165, 1.54) is 12.5 Å². The molecule has 0 heterocycles. The summed E-state index contributed by atoms with van der Waals surface area (Å²) in [6.45, 7) is 2.95. The number of halogens is 1. The van der Waals surface area contributed by atoms with Crippen LogP contribution in [0.25, 0.3) is 0 Å². The van der Waals surface area contributed by atoms with Crippen molar-refractivity contribution in [2.75, 3.05) is 6.67 Å². The number of allylic oxidation sites excluding steroid dienone is 1. The van der Waals surface area contributed by atoms with Crippen molar-refractivity contribution in [1.29, 1.82) is 0 Å². The van der Waals surface area contributed by atoms with Crippen LogP contribution in [0.1, 0.15) is 6.42 Å². The molecule has 0 amide bonds. The molecule has 0 bridgehead atoms. The van der Waals surface area contributed by atoms with Crippen molar-refractivity contribution in [3.8, 4) is 0 Å². The molecule has 0 aliphatic carbocycles. The maximum atomic E-state index is 11.3. The summed E-state index contributed by atoms with van der Waals surface area (Å²) in [5.41, 5.74) is 0. The first-order chi connectivity index (χ1) is 3.91. The Morgan fingerprint density at radius 1 is 1.62 bits per heavy atom. The molecule has 0 spiro atoms. The smallest absolute Gasteiger partial charge is 0.0930 e. The molecule has 0 aromatic heterocycles. The molecule has 0 aromatic carbocycles. The van der Waals surface area contributed by atoms with Crippen LogP contribution in [0.2, 0.25) is 0 Å². The summed E-state index contributed by atoms with van der Waals surface area (Å²) in [5.74, 6) is 0. The molecule has 0 radical (unpaired) electrons. The first-order valence-corrected chi connectivity index (χ1v) is 2.39. The average molecular weight is 116 g/mol. The third-order valence-corrected chi connectivity index (χ3v) is 0.547. The van der Waals surface area contributed by atoms with Crippen LogP contribution in [-0.2, 0) is 4.74 Å². The standard InChI is InChI=1S/C6H9FO/c1-2-8-6-4-3-5-7/h2,4,6H,1,3,5H2. The van der Waals surface area contributed by atoms with Crippen molar-refractivity contribution in [2.24, 2.45) is 0 Å². The van der Waals surface area contributed by atoms with E-state index in [1.807, 2.05) is 0 Å². The lowest BCUT2D eigenvalue weighted by atomic mass is 10.5. The van der Waals surface area contributed by atoms with Crippen molar-refractivity contribution in [2.45, 2.75) is 6.42 Å². The summed E-state index contributed by atoms with van der Waals surface area (Å²) in [7, 11) is 0. The number of hydrogen-bond acceptors (Lipinski definition) is 1. The van der Waals surface area contributed by atoms with Crippen molar-refractivity contribution < 1.29 is 9.13 Å². The molecule has 8 heavy (non-hydrogen) atoms. The fourth-order valence-corrected chi connectivity index (χ4v) is 0.242. The third-order valence-electron chi connectivity index (χ3n) is 0.547. The van der Waals surface area contributed by atoms with Gasteiger partial charge in [-0.2, -0.15) is 0 Å². The van der Waals surface area contributed by atoms with E-state index in [4.69, 9.17) is 0 Å². The Balaban J connectivity index is 2.94. The molecule has 0 rings (SSSR count). The minimum absolute atomic E-state index is 0.336. The summed E-state index contributed by atoms with van der Waals surface area (Å²) in [5, 5.41) is 0. The lowest BCUT2D eigenvalue weighted by Crippen LogP contribution is -1.68. The van der Waals surface area contributed by atoms with Crippen molar-refractivity contribution >= 4 is 0 Å². The van der Waals surface area contributed by atoms with Gasteiger partial charge in [-0.15, -0.1) is 0 Å². The zero-order valence-electron chi connectivity index (χ0n) is 4.64. The first-order valence-electron chi connectivity index (χ1n) is 2.39. The van der Waals surface area contributed by atoms with E-state index >= 15 is 0 Å². The fourth-order valence-electron chi connectivity index (χ4n) is 0.242. The zero-order chi connectivity index (χ0) is 6.24. The molecule has 0 unspecified atom stereocenters. The SMILES string of the molecule is C=COC=CCCF. The normalized spacial score (nSPS) is 9.62. The fraction of sp³-hybridized carbons (Fsp3) is 0.333. The number of ether oxygens (including phenoxy) is 1. The van der Waals surface area contributed by atoms with E-state index in [9.17, 15) is 4.39 Å². The highest BCUT2D eigenvalue weighted by molar-refractivity contribution is 4.74. The van der Waals surface area contributed by atoms with Gasteiger partial charge in [-0.25, -0.2) is 0 Å². The van der Waals surface area contributed by atoms with Crippen LogP contribution in [0.4, 0.5) is 4.39 Å². The van der Waals surface area contributed by atoms with Crippen molar-refractivity contribution in [1.82, 2.24) is 0 Å².